The van der Waals surface area contributed by atoms with Crippen molar-refractivity contribution in [2.45, 2.75) is 11.3 Å². The lowest BCUT2D eigenvalue weighted by molar-refractivity contribution is -0.115. The number of rotatable bonds is 5. The maximum absolute atomic E-state index is 13.0. The number of hydrogen-bond acceptors (Lipinski definition) is 3. The predicted octanol–water partition coefficient (Wildman–Crippen LogP) is 4.18. The lowest BCUT2D eigenvalue weighted by Gasteiger charge is -2.06. The van der Waals surface area contributed by atoms with E-state index in [1.165, 1.54) is 18.2 Å². The zero-order valence-corrected chi connectivity index (χ0v) is 12.7. The second-order valence-electron chi connectivity index (χ2n) is 4.34. The highest BCUT2D eigenvalue weighted by atomic mass is 35.5. The molecule has 0 saturated heterocycles. The molecular weight excluding hydrogens is 311 g/mol. The van der Waals surface area contributed by atoms with E-state index in [1.807, 2.05) is 18.2 Å². The van der Waals surface area contributed by atoms with Gasteiger partial charge in [0.25, 0.3) is 0 Å². The molecule has 3 nitrogen and oxygen atoms in total. The van der Waals surface area contributed by atoms with Crippen molar-refractivity contribution < 1.29 is 9.18 Å². The number of nitrogen functional groups attached to an aromatic ring is 1. The summed E-state index contributed by atoms with van der Waals surface area (Å²) in [5.41, 5.74) is 5.95. The van der Waals surface area contributed by atoms with Gasteiger partial charge in [-0.3, -0.25) is 4.79 Å². The summed E-state index contributed by atoms with van der Waals surface area (Å²) >= 11 is 7.44. The molecule has 0 fully saturated rings. The molecule has 0 atom stereocenters. The number of nitrogens with one attached hydrogen (secondary N) is 1. The van der Waals surface area contributed by atoms with Crippen LogP contribution in [0, 0.1) is 5.82 Å². The van der Waals surface area contributed by atoms with Gasteiger partial charge in [-0.15, -0.1) is 11.8 Å². The summed E-state index contributed by atoms with van der Waals surface area (Å²) in [6, 6.07) is 11.6. The number of carbonyl (C=O) groups excluding carboxylic acids is 1. The van der Waals surface area contributed by atoms with E-state index in [4.69, 9.17) is 17.3 Å². The first-order valence-corrected chi connectivity index (χ1v) is 7.64. The van der Waals surface area contributed by atoms with Gasteiger partial charge >= 0.3 is 0 Å². The summed E-state index contributed by atoms with van der Waals surface area (Å²) in [6.45, 7) is 0. The van der Waals surface area contributed by atoms with Crippen LogP contribution in [0.2, 0.25) is 5.02 Å². The van der Waals surface area contributed by atoms with Crippen molar-refractivity contribution in [2.24, 2.45) is 0 Å². The number of amides is 1. The highest BCUT2D eigenvalue weighted by molar-refractivity contribution is 7.99. The molecule has 3 N–H and O–H groups in total. The topological polar surface area (TPSA) is 55.1 Å². The fourth-order valence-corrected chi connectivity index (χ4v) is 2.83. The number of halogens is 2. The van der Waals surface area contributed by atoms with E-state index in [2.05, 4.69) is 5.32 Å². The van der Waals surface area contributed by atoms with E-state index in [1.54, 1.807) is 17.8 Å². The van der Waals surface area contributed by atoms with Crippen LogP contribution >= 0.6 is 23.4 Å². The van der Waals surface area contributed by atoms with Gasteiger partial charge in [-0.1, -0.05) is 17.7 Å². The van der Waals surface area contributed by atoms with Crippen LogP contribution in [0.4, 0.5) is 15.8 Å². The van der Waals surface area contributed by atoms with Gasteiger partial charge < -0.3 is 11.1 Å². The van der Waals surface area contributed by atoms with Crippen LogP contribution in [0.5, 0.6) is 0 Å². The van der Waals surface area contributed by atoms with Crippen LogP contribution in [0.25, 0.3) is 0 Å². The molecule has 0 aromatic heterocycles. The molecule has 0 aliphatic heterocycles. The van der Waals surface area contributed by atoms with E-state index in [9.17, 15) is 9.18 Å². The molecule has 2 rings (SSSR count). The standard InChI is InChI=1S/C15H14ClFN2OS/c16-10-2-1-3-12(8-10)21-7-6-15(20)19-11-4-5-13(17)14(18)9-11/h1-5,8-9H,6-7,18H2,(H,19,20). The molecule has 0 saturated carbocycles. The first-order valence-electron chi connectivity index (χ1n) is 6.28. The molecule has 0 radical (unpaired) electrons. The molecule has 0 heterocycles. The molecule has 0 bridgehead atoms. The third-order valence-electron chi connectivity index (χ3n) is 2.67. The van der Waals surface area contributed by atoms with Gasteiger partial charge in [0.15, 0.2) is 0 Å². The SMILES string of the molecule is Nc1cc(NC(=O)CCSc2cccc(Cl)c2)ccc1F. The third-order valence-corrected chi connectivity index (χ3v) is 3.90. The Morgan fingerprint density at radius 1 is 1.29 bits per heavy atom. The minimum absolute atomic E-state index is 0.0149. The smallest absolute Gasteiger partial charge is 0.225 e. The predicted molar refractivity (Wildman–Crippen MR) is 86.2 cm³/mol. The molecule has 0 aliphatic rings. The Morgan fingerprint density at radius 3 is 2.81 bits per heavy atom. The quantitative estimate of drug-likeness (QED) is 0.640. The summed E-state index contributed by atoms with van der Waals surface area (Å²) in [7, 11) is 0. The average Bonchev–Trinajstić information content (AvgIpc) is 2.43. The van der Waals surface area contributed by atoms with E-state index in [0.29, 0.717) is 22.9 Å². The molecule has 6 heteroatoms. The molecule has 0 aliphatic carbocycles. The number of carbonyl (C=O) groups is 1. The van der Waals surface area contributed by atoms with Crippen molar-refractivity contribution in [3.05, 3.63) is 53.3 Å². The van der Waals surface area contributed by atoms with E-state index in [0.717, 1.165) is 4.90 Å². The zero-order chi connectivity index (χ0) is 15.2. The van der Waals surface area contributed by atoms with Crippen molar-refractivity contribution in [1.82, 2.24) is 0 Å². The van der Waals surface area contributed by atoms with Crippen LogP contribution in [0.15, 0.2) is 47.4 Å². The van der Waals surface area contributed by atoms with Crippen LogP contribution < -0.4 is 11.1 Å². The van der Waals surface area contributed by atoms with Crippen molar-refractivity contribution >= 4 is 40.6 Å². The van der Waals surface area contributed by atoms with E-state index in [-0.39, 0.29) is 11.6 Å². The lowest BCUT2D eigenvalue weighted by atomic mass is 10.2. The molecule has 110 valence electrons. The summed E-state index contributed by atoms with van der Waals surface area (Å²) in [6.07, 6.45) is 0.342. The number of nitrogens with two attached hydrogens (primary N) is 1. The van der Waals surface area contributed by atoms with Crippen LogP contribution in [0.3, 0.4) is 0 Å². The Morgan fingerprint density at radius 2 is 2.10 bits per heavy atom. The maximum Gasteiger partial charge on any atom is 0.225 e. The fraction of sp³-hybridized carbons (Fsp3) is 0.133. The van der Waals surface area contributed by atoms with Gasteiger partial charge in [-0.25, -0.2) is 4.39 Å². The monoisotopic (exact) mass is 324 g/mol. The Labute approximate surface area is 131 Å². The molecule has 1 amide bonds. The second kappa shape index (κ2) is 7.33. The van der Waals surface area contributed by atoms with E-state index >= 15 is 0 Å². The normalized spacial score (nSPS) is 10.4. The molecule has 2 aromatic rings. The Bertz CT molecular complexity index is 651. The number of benzene rings is 2. The molecule has 2 aromatic carbocycles. The summed E-state index contributed by atoms with van der Waals surface area (Å²) in [4.78, 5) is 12.8. The van der Waals surface area contributed by atoms with Crippen molar-refractivity contribution in [2.75, 3.05) is 16.8 Å². The molecule has 0 unspecified atom stereocenters. The third kappa shape index (κ3) is 4.95. The Hall–Kier alpha value is -1.72. The number of anilines is 2. The van der Waals surface area contributed by atoms with Gasteiger partial charge in [-0.05, 0) is 36.4 Å². The first kappa shape index (κ1) is 15.7. The van der Waals surface area contributed by atoms with Gasteiger partial charge in [-0.2, -0.15) is 0 Å². The fourth-order valence-electron chi connectivity index (χ4n) is 1.66. The first-order chi connectivity index (χ1) is 10.0. The minimum Gasteiger partial charge on any atom is -0.396 e. The summed E-state index contributed by atoms with van der Waals surface area (Å²) < 4.78 is 13.0. The van der Waals surface area contributed by atoms with Gasteiger partial charge in [0.05, 0.1) is 5.69 Å². The van der Waals surface area contributed by atoms with Crippen LogP contribution in [-0.4, -0.2) is 11.7 Å². The zero-order valence-electron chi connectivity index (χ0n) is 11.1. The Balaban J connectivity index is 1.81. The van der Waals surface area contributed by atoms with E-state index < -0.39 is 5.82 Å². The number of hydrogen-bond donors (Lipinski definition) is 2. The van der Waals surface area contributed by atoms with Gasteiger partial charge in [0.2, 0.25) is 5.91 Å². The lowest BCUT2D eigenvalue weighted by Crippen LogP contribution is -2.12. The van der Waals surface area contributed by atoms with Crippen molar-refractivity contribution in [3.63, 3.8) is 0 Å². The van der Waals surface area contributed by atoms with Crippen molar-refractivity contribution in [1.29, 1.82) is 0 Å². The molecule has 0 spiro atoms. The minimum atomic E-state index is -0.496. The summed E-state index contributed by atoms with van der Waals surface area (Å²) in [5, 5.41) is 3.36. The molecule has 21 heavy (non-hydrogen) atoms. The number of thioether (sulfide) groups is 1. The average molecular weight is 325 g/mol. The van der Waals surface area contributed by atoms with Gasteiger partial charge in [0.1, 0.15) is 5.82 Å². The van der Waals surface area contributed by atoms with Crippen LogP contribution in [-0.2, 0) is 4.79 Å². The second-order valence-corrected chi connectivity index (χ2v) is 5.95. The molecular formula is C15H14ClFN2OS. The highest BCUT2D eigenvalue weighted by Crippen LogP contribution is 2.22. The van der Waals surface area contributed by atoms with Crippen LogP contribution in [0.1, 0.15) is 6.42 Å². The largest absolute Gasteiger partial charge is 0.396 e. The highest BCUT2D eigenvalue weighted by Gasteiger charge is 2.05. The maximum atomic E-state index is 13.0. The summed E-state index contributed by atoms with van der Waals surface area (Å²) in [5.74, 6) is -0.0110. The van der Waals surface area contributed by atoms with Gasteiger partial charge in [0, 0.05) is 27.8 Å². The Kier molecular flexibility index (Phi) is 5.47. The van der Waals surface area contributed by atoms with Crippen molar-refractivity contribution in [3.8, 4) is 0 Å².